The summed E-state index contributed by atoms with van der Waals surface area (Å²) in [6, 6.07) is 0. The molecule has 0 bridgehead atoms. The minimum Gasteiger partial charge on any atom is -0.462 e. The highest BCUT2D eigenvalue weighted by Crippen LogP contribution is 2.16. The van der Waals surface area contributed by atoms with Gasteiger partial charge in [0, 0.05) is 19.3 Å². The van der Waals surface area contributed by atoms with Crippen molar-refractivity contribution in [1.29, 1.82) is 0 Å². The van der Waals surface area contributed by atoms with Gasteiger partial charge in [0.1, 0.15) is 13.2 Å². The lowest BCUT2D eigenvalue weighted by atomic mass is 10.0. The van der Waals surface area contributed by atoms with Crippen LogP contribution in [0.2, 0.25) is 0 Å². The third kappa shape index (κ3) is 41.6. The molecule has 1 atom stereocenters. The molecule has 0 aromatic rings. The van der Waals surface area contributed by atoms with Gasteiger partial charge in [-0.2, -0.15) is 0 Å². The van der Waals surface area contributed by atoms with E-state index in [1.807, 2.05) is 0 Å². The summed E-state index contributed by atoms with van der Waals surface area (Å²) in [5.74, 6) is -0.0916. The van der Waals surface area contributed by atoms with Crippen LogP contribution in [0.3, 0.4) is 0 Å². The molecule has 320 valence electrons. The first kappa shape index (κ1) is 52.4. The lowest BCUT2D eigenvalue weighted by molar-refractivity contribution is -0.167. The molecular formula is C48H92O6. The molecule has 0 aliphatic rings. The summed E-state index contributed by atoms with van der Waals surface area (Å²) >= 11 is 0. The smallest absolute Gasteiger partial charge is 0.306 e. The Morgan fingerprint density at radius 2 is 0.611 bits per heavy atom. The fraction of sp³-hybridized carbons (Fsp3) is 0.938. The van der Waals surface area contributed by atoms with E-state index in [1.54, 1.807) is 0 Å². The van der Waals surface area contributed by atoms with E-state index in [9.17, 15) is 14.4 Å². The molecule has 0 amide bonds. The highest BCUT2D eigenvalue weighted by atomic mass is 16.6. The first-order chi connectivity index (χ1) is 26.4. The van der Waals surface area contributed by atoms with E-state index in [2.05, 4.69) is 27.7 Å². The summed E-state index contributed by atoms with van der Waals surface area (Å²) in [7, 11) is 0. The predicted molar refractivity (Wildman–Crippen MR) is 229 cm³/mol. The second-order valence-electron chi connectivity index (χ2n) is 16.9. The van der Waals surface area contributed by atoms with Crippen molar-refractivity contribution in [2.45, 2.75) is 271 Å². The second-order valence-corrected chi connectivity index (χ2v) is 16.9. The minimum atomic E-state index is -0.760. The lowest BCUT2D eigenvalue weighted by Gasteiger charge is -2.18. The fourth-order valence-electron chi connectivity index (χ4n) is 7.16. The van der Waals surface area contributed by atoms with Crippen LogP contribution in [0.25, 0.3) is 0 Å². The molecular weight excluding hydrogens is 673 g/mol. The van der Waals surface area contributed by atoms with Crippen molar-refractivity contribution in [2.24, 2.45) is 5.92 Å². The molecule has 0 saturated heterocycles. The van der Waals surface area contributed by atoms with Gasteiger partial charge >= 0.3 is 17.9 Å². The van der Waals surface area contributed by atoms with E-state index in [-0.39, 0.29) is 31.1 Å². The molecule has 0 aliphatic carbocycles. The van der Waals surface area contributed by atoms with Crippen LogP contribution in [0, 0.1) is 5.92 Å². The first-order valence-corrected chi connectivity index (χ1v) is 23.9. The van der Waals surface area contributed by atoms with Crippen molar-refractivity contribution >= 4 is 17.9 Å². The van der Waals surface area contributed by atoms with Gasteiger partial charge in [-0.15, -0.1) is 0 Å². The van der Waals surface area contributed by atoms with Crippen LogP contribution in [-0.2, 0) is 28.6 Å². The molecule has 0 saturated carbocycles. The monoisotopic (exact) mass is 765 g/mol. The Kier molecular flexibility index (Phi) is 41.3. The van der Waals surface area contributed by atoms with Gasteiger partial charge in [-0.3, -0.25) is 14.4 Å². The summed E-state index contributed by atoms with van der Waals surface area (Å²) < 4.78 is 16.7. The maximum absolute atomic E-state index is 12.7. The molecule has 54 heavy (non-hydrogen) atoms. The van der Waals surface area contributed by atoms with Crippen molar-refractivity contribution < 1.29 is 28.6 Å². The number of unbranched alkanes of at least 4 members (excludes halogenated alkanes) is 30. The van der Waals surface area contributed by atoms with Gasteiger partial charge in [-0.25, -0.2) is 0 Å². The number of carbonyl (C=O) groups excluding carboxylic acids is 3. The van der Waals surface area contributed by atoms with Crippen LogP contribution in [0.4, 0.5) is 0 Å². The number of ether oxygens (including phenoxy) is 3. The van der Waals surface area contributed by atoms with E-state index in [0.29, 0.717) is 19.3 Å². The fourth-order valence-corrected chi connectivity index (χ4v) is 7.16. The van der Waals surface area contributed by atoms with Gasteiger partial charge in [0.2, 0.25) is 0 Å². The summed E-state index contributed by atoms with van der Waals surface area (Å²) in [6.07, 6.45) is 42.4. The van der Waals surface area contributed by atoms with E-state index in [0.717, 1.165) is 63.7 Å². The summed E-state index contributed by atoms with van der Waals surface area (Å²) in [5, 5.41) is 0. The molecule has 0 N–H and O–H groups in total. The normalized spacial score (nSPS) is 11.9. The van der Waals surface area contributed by atoms with E-state index in [1.165, 1.54) is 161 Å². The summed E-state index contributed by atoms with van der Waals surface area (Å²) in [4.78, 5) is 37.7. The topological polar surface area (TPSA) is 78.9 Å². The maximum atomic E-state index is 12.7. The molecule has 0 spiro atoms. The number of rotatable bonds is 43. The maximum Gasteiger partial charge on any atom is 0.306 e. The average Bonchev–Trinajstić information content (AvgIpc) is 3.15. The Hall–Kier alpha value is -1.59. The predicted octanol–water partition coefficient (Wildman–Crippen LogP) is 15.1. The third-order valence-corrected chi connectivity index (χ3v) is 10.8. The molecule has 0 aromatic heterocycles. The van der Waals surface area contributed by atoms with Gasteiger partial charge in [-0.05, 0) is 25.2 Å². The molecule has 6 heteroatoms. The lowest BCUT2D eigenvalue weighted by Crippen LogP contribution is -2.30. The Morgan fingerprint density at radius 1 is 0.352 bits per heavy atom. The van der Waals surface area contributed by atoms with Crippen molar-refractivity contribution in [1.82, 2.24) is 0 Å². The zero-order chi connectivity index (χ0) is 39.6. The zero-order valence-electron chi connectivity index (χ0n) is 36.7. The standard InChI is InChI=1S/C48H92O6/c1-5-7-9-11-13-15-17-19-20-21-23-25-27-33-37-41-48(51)54-45(43-53-47(50)40-36-32-29-28-30-34-38-44(3)4)42-52-46(49)39-35-31-26-24-22-18-16-14-12-10-8-6-2/h44-45H,5-43H2,1-4H3/t45-/m0/s1. The Balaban J connectivity index is 4.30. The first-order valence-electron chi connectivity index (χ1n) is 23.9. The quantitative estimate of drug-likeness (QED) is 0.0349. The zero-order valence-corrected chi connectivity index (χ0v) is 36.7. The average molecular weight is 765 g/mol. The highest BCUT2D eigenvalue weighted by Gasteiger charge is 2.19. The van der Waals surface area contributed by atoms with Crippen LogP contribution in [0.15, 0.2) is 0 Å². The number of hydrogen-bond donors (Lipinski definition) is 0. The van der Waals surface area contributed by atoms with Crippen molar-refractivity contribution in [3.63, 3.8) is 0 Å². The largest absolute Gasteiger partial charge is 0.462 e. The molecule has 0 unspecified atom stereocenters. The molecule has 0 radical (unpaired) electrons. The molecule has 0 fully saturated rings. The number of esters is 3. The van der Waals surface area contributed by atoms with Crippen molar-refractivity contribution in [3.05, 3.63) is 0 Å². The highest BCUT2D eigenvalue weighted by molar-refractivity contribution is 5.71. The van der Waals surface area contributed by atoms with E-state index in [4.69, 9.17) is 14.2 Å². The van der Waals surface area contributed by atoms with Crippen LogP contribution in [0.1, 0.15) is 265 Å². The molecule has 0 rings (SSSR count). The second kappa shape index (κ2) is 42.6. The van der Waals surface area contributed by atoms with Crippen LogP contribution in [-0.4, -0.2) is 37.2 Å². The van der Waals surface area contributed by atoms with Crippen LogP contribution < -0.4 is 0 Å². The van der Waals surface area contributed by atoms with Gasteiger partial charge in [0.05, 0.1) is 0 Å². The summed E-state index contributed by atoms with van der Waals surface area (Å²) in [6.45, 7) is 8.94. The minimum absolute atomic E-state index is 0.0641. The Labute approximate surface area is 336 Å². The molecule has 6 nitrogen and oxygen atoms in total. The van der Waals surface area contributed by atoms with Gasteiger partial charge in [0.15, 0.2) is 6.10 Å². The van der Waals surface area contributed by atoms with E-state index >= 15 is 0 Å². The number of carbonyl (C=O) groups is 3. The van der Waals surface area contributed by atoms with Gasteiger partial charge in [-0.1, -0.05) is 227 Å². The van der Waals surface area contributed by atoms with Crippen LogP contribution in [0.5, 0.6) is 0 Å². The van der Waals surface area contributed by atoms with E-state index < -0.39 is 6.10 Å². The van der Waals surface area contributed by atoms with Gasteiger partial charge in [0.25, 0.3) is 0 Å². The molecule has 0 aliphatic heterocycles. The van der Waals surface area contributed by atoms with Gasteiger partial charge < -0.3 is 14.2 Å². The Morgan fingerprint density at radius 3 is 0.907 bits per heavy atom. The molecule has 0 heterocycles. The van der Waals surface area contributed by atoms with Crippen molar-refractivity contribution in [3.8, 4) is 0 Å². The number of hydrogen-bond acceptors (Lipinski definition) is 6. The SMILES string of the molecule is CCCCCCCCCCCCCCCCCC(=O)O[C@@H](COC(=O)CCCCCCCCCCCCCC)COC(=O)CCCCCCCCC(C)C. The van der Waals surface area contributed by atoms with Crippen LogP contribution >= 0.6 is 0 Å². The Bertz CT molecular complexity index is 811. The molecule has 0 aromatic carbocycles. The summed E-state index contributed by atoms with van der Waals surface area (Å²) in [5.41, 5.74) is 0. The third-order valence-electron chi connectivity index (χ3n) is 10.8. The van der Waals surface area contributed by atoms with Crippen molar-refractivity contribution in [2.75, 3.05) is 13.2 Å².